The number of rotatable bonds is 9. The second-order valence-electron chi connectivity index (χ2n) is 3.63. The summed E-state index contributed by atoms with van der Waals surface area (Å²) in [5.41, 5.74) is 0. The van der Waals surface area contributed by atoms with Gasteiger partial charge in [0.15, 0.2) is 0 Å². The molecule has 0 fully saturated rings. The number of ketones is 1. The summed E-state index contributed by atoms with van der Waals surface area (Å²) in [6.07, 6.45) is -0.558. The molecule has 1 N–H and O–H groups in total. The van der Waals surface area contributed by atoms with Crippen molar-refractivity contribution in [1.82, 2.24) is 0 Å². The van der Waals surface area contributed by atoms with E-state index in [1.54, 1.807) is 0 Å². The molecule has 0 aliphatic heterocycles. The van der Waals surface area contributed by atoms with Gasteiger partial charge in [-0.3, -0.25) is 0 Å². The number of ether oxygens (including phenoxy) is 1. The van der Waals surface area contributed by atoms with Crippen LogP contribution < -0.4 is 0 Å². The fourth-order valence-corrected chi connectivity index (χ4v) is 3.49. The van der Waals surface area contributed by atoms with E-state index >= 15 is 0 Å². The van der Waals surface area contributed by atoms with Gasteiger partial charge >= 0.3 is 120 Å². The van der Waals surface area contributed by atoms with E-state index in [0.29, 0.717) is 26.7 Å². The number of carbonyl (C=O) groups is 3. The van der Waals surface area contributed by atoms with Gasteiger partial charge in [0.05, 0.1) is 0 Å². The molecular weight excluding hydrogens is 370 g/mol. The van der Waals surface area contributed by atoms with Gasteiger partial charge in [0.25, 0.3) is 0 Å². The Morgan fingerprint density at radius 3 is 2.22 bits per heavy atom. The number of Topliss-reactive ketones (excluding diaryl/α,β-unsaturated/α-hetero) is 1. The maximum absolute atomic E-state index is 12.1. The molecule has 0 spiro atoms. The second kappa shape index (κ2) is 9.56. The standard InChI is InChI=1S/C11H18O5Se2/c1-7(12)16-9(6-18-3)10(13)8(11(14)15)4-5-17-2/h8-9H,4-6H2,1-3H3,(H,14,15). The third-order valence-electron chi connectivity index (χ3n) is 2.20. The summed E-state index contributed by atoms with van der Waals surface area (Å²) in [6.45, 7) is 1.23. The Labute approximate surface area is 119 Å². The van der Waals surface area contributed by atoms with Gasteiger partial charge in [0.1, 0.15) is 0 Å². The van der Waals surface area contributed by atoms with Crippen LogP contribution in [0, 0.1) is 5.92 Å². The van der Waals surface area contributed by atoms with Crippen LogP contribution in [-0.4, -0.2) is 58.8 Å². The Kier molecular flexibility index (Phi) is 9.38. The van der Waals surface area contributed by atoms with Gasteiger partial charge in [0.2, 0.25) is 0 Å². The van der Waals surface area contributed by atoms with Crippen molar-refractivity contribution >= 4 is 47.6 Å². The molecule has 0 saturated carbocycles. The van der Waals surface area contributed by atoms with Crippen molar-refractivity contribution in [2.75, 3.05) is 0 Å². The molecule has 2 unspecified atom stereocenters. The Hall–Kier alpha value is -0.351. The quantitative estimate of drug-likeness (QED) is 0.361. The summed E-state index contributed by atoms with van der Waals surface area (Å²) in [5.74, 6) is 0.743. The van der Waals surface area contributed by atoms with Gasteiger partial charge in [-0.2, -0.15) is 0 Å². The molecular formula is C11H18O5Se2. The van der Waals surface area contributed by atoms with Crippen LogP contribution in [0.4, 0.5) is 0 Å². The van der Waals surface area contributed by atoms with Crippen molar-refractivity contribution in [3.05, 3.63) is 0 Å². The van der Waals surface area contributed by atoms with Crippen molar-refractivity contribution in [2.24, 2.45) is 5.92 Å². The van der Waals surface area contributed by atoms with Crippen LogP contribution in [0.15, 0.2) is 0 Å². The van der Waals surface area contributed by atoms with Gasteiger partial charge in [-0.05, 0) is 0 Å². The predicted octanol–water partition coefficient (Wildman–Crippen LogP) is 0.919. The third-order valence-corrected chi connectivity index (χ3v) is 4.88. The zero-order valence-electron chi connectivity index (χ0n) is 10.7. The van der Waals surface area contributed by atoms with Crippen LogP contribution >= 0.6 is 0 Å². The molecule has 0 aliphatic rings. The molecule has 0 radical (unpaired) electrons. The molecule has 104 valence electrons. The molecule has 0 bridgehead atoms. The SMILES string of the molecule is C[Se]CCC(C(=O)O)C(=O)C(C[Se]C)OC(C)=O. The number of aliphatic carboxylic acids is 1. The number of hydrogen-bond donors (Lipinski definition) is 1. The van der Waals surface area contributed by atoms with E-state index in [4.69, 9.17) is 9.84 Å². The minimum absolute atomic E-state index is 0.146. The molecule has 0 rings (SSSR count). The average Bonchev–Trinajstić information content (AvgIpc) is 2.27. The van der Waals surface area contributed by atoms with Gasteiger partial charge < -0.3 is 0 Å². The van der Waals surface area contributed by atoms with Crippen LogP contribution in [0.5, 0.6) is 0 Å². The summed E-state index contributed by atoms with van der Waals surface area (Å²) in [5, 5.41) is 10.2. The molecule has 0 aromatic carbocycles. The van der Waals surface area contributed by atoms with E-state index in [-0.39, 0.29) is 15.0 Å². The summed E-state index contributed by atoms with van der Waals surface area (Å²) < 4.78 is 4.93. The number of carbonyl (C=O) groups excluding carboxylic acids is 2. The minimum atomic E-state index is -1.12. The Balaban J connectivity index is 4.75. The predicted molar refractivity (Wildman–Crippen MR) is 69.2 cm³/mol. The van der Waals surface area contributed by atoms with Gasteiger partial charge in [-0.25, -0.2) is 0 Å². The topological polar surface area (TPSA) is 80.7 Å². The van der Waals surface area contributed by atoms with Crippen molar-refractivity contribution < 1.29 is 24.2 Å². The van der Waals surface area contributed by atoms with E-state index in [9.17, 15) is 14.4 Å². The number of carboxylic acid groups (broad SMARTS) is 1. The Morgan fingerprint density at radius 1 is 1.22 bits per heavy atom. The number of hydrogen-bond acceptors (Lipinski definition) is 4. The monoisotopic (exact) mass is 390 g/mol. The first-order valence-corrected chi connectivity index (χ1v) is 11.2. The first-order chi connectivity index (χ1) is 8.43. The summed E-state index contributed by atoms with van der Waals surface area (Å²) in [7, 11) is 0. The molecule has 0 aromatic heterocycles. The third kappa shape index (κ3) is 6.55. The van der Waals surface area contributed by atoms with Crippen LogP contribution in [0.2, 0.25) is 22.3 Å². The zero-order valence-corrected chi connectivity index (χ0v) is 14.1. The van der Waals surface area contributed by atoms with Crippen molar-refractivity contribution in [1.29, 1.82) is 0 Å². The van der Waals surface area contributed by atoms with E-state index < -0.39 is 29.7 Å². The maximum atomic E-state index is 12.1. The van der Waals surface area contributed by atoms with Crippen molar-refractivity contribution in [3.8, 4) is 0 Å². The van der Waals surface area contributed by atoms with Crippen molar-refractivity contribution in [3.63, 3.8) is 0 Å². The second-order valence-corrected chi connectivity index (χ2v) is 7.61. The average molecular weight is 388 g/mol. The first-order valence-electron chi connectivity index (χ1n) is 5.35. The fraction of sp³-hybridized carbons (Fsp3) is 0.727. The molecule has 5 nitrogen and oxygen atoms in total. The number of esters is 1. The summed E-state index contributed by atoms with van der Waals surface area (Å²) >= 11 is 0.479. The van der Waals surface area contributed by atoms with Crippen LogP contribution in [0.1, 0.15) is 13.3 Å². The van der Waals surface area contributed by atoms with Crippen LogP contribution in [0.3, 0.4) is 0 Å². The number of carboxylic acids is 1. The van der Waals surface area contributed by atoms with Gasteiger partial charge in [-0.15, -0.1) is 0 Å². The van der Waals surface area contributed by atoms with E-state index in [1.165, 1.54) is 6.92 Å². The van der Waals surface area contributed by atoms with Gasteiger partial charge in [0, 0.05) is 0 Å². The molecule has 0 saturated heterocycles. The molecule has 0 aliphatic carbocycles. The molecule has 7 heteroatoms. The zero-order chi connectivity index (χ0) is 14.1. The molecule has 18 heavy (non-hydrogen) atoms. The summed E-state index contributed by atoms with van der Waals surface area (Å²) in [4.78, 5) is 34.1. The molecule has 0 aromatic rings. The van der Waals surface area contributed by atoms with E-state index in [1.807, 2.05) is 11.6 Å². The van der Waals surface area contributed by atoms with E-state index in [2.05, 4.69) is 0 Å². The van der Waals surface area contributed by atoms with Crippen LogP contribution in [0.25, 0.3) is 0 Å². The first kappa shape index (κ1) is 17.6. The molecule has 0 heterocycles. The van der Waals surface area contributed by atoms with Crippen LogP contribution in [-0.2, 0) is 19.1 Å². The Morgan fingerprint density at radius 2 is 1.83 bits per heavy atom. The Bertz CT molecular complexity index is 306. The molecule has 0 amide bonds. The fourth-order valence-electron chi connectivity index (χ4n) is 1.37. The van der Waals surface area contributed by atoms with Crippen molar-refractivity contribution in [2.45, 2.75) is 41.7 Å². The molecule has 2 atom stereocenters. The van der Waals surface area contributed by atoms with Gasteiger partial charge in [-0.1, -0.05) is 0 Å². The summed E-state index contributed by atoms with van der Waals surface area (Å²) in [6, 6.07) is 0. The normalized spacial score (nSPS) is 13.7. The van der Waals surface area contributed by atoms with E-state index in [0.717, 1.165) is 5.32 Å².